The van der Waals surface area contributed by atoms with Crippen LogP contribution in [0.3, 0.4) is 0 Å². The van der Waals surface area contributed by atoms with Gasteiger partial charge < -0.3 is 0 Å². The number of nitrogens with zero attached hydrogens (tertiary/aromatic N) is 18. The summed E-state index contributed by atoms with van der Waals surface area (Å²) in [5.41, 5.74) is 21.1. The smallest absolute Gasteiger partial charge is 0.216 e. The van der Waals surface area contributed by atoms with E-state index in [0.29, 0.717) is 23.8 Å². The van der Waals surface area contributed by atoms with Crippen LogP contribution >= 0.6 is 0 Å². The quantitative estimate of drug-likeness (QED) is 0.125. The van der Waals surface area contributed by atoms with E-state index in [1.807, 2.05) is 264 Å². The van der Waals surface area contributed by atoms with Gasteiger partial charge in [-0.2, -0.15) is 30.6 Å². The van der Waals surface area contributed by atoms with Gasteiger partial charge in [0.2, 0.25) is 0 Å². The van der Waals surface area contributed by atoms with Crippen LogP contribution in [0.2, 0.25) is 0 Å². The van der Waals surface area contributed by atoms with Crippen molar-refractivity contribution in [3.8, 4) is 23.8 Å². The highest BCUT2D eigenvalue weighted by molar-refractivity contribution is 5.32. The molecule has 0 aliphatic rings. The van der Waals surface area contributed by atoms with Crippen LogP contribution in [-0.4, -0.2) is 89.4 Å². The van der Waals surface area contributed by atoms with Crippen molar-refractivity contribution in [2.45, 2.75) is 305 Å². The van der Waals surface area contributed by atoms with Crippen LogP contribution in [0.5, 0.6) is 0 Å². The predicted octanol–water partition coefficient (Wildman–Crippen LogP) is 23.9. The number of benzene rings is 2. The maximum Gasteiger partial charge on any atom is 0.270 e. The number of rotatable bonds is 10. The predicted molar refractivity (Wildman–Crippen MR) is 445 cm³/mol. The number of aryl methyl sites for hydroxylation is 14. The molecule has 0 bridgehead atoms. The second-order valence-corrected chi connectivity index (χ2v) is 19.0. The third-order valence-corrected chi connectivity index (χ3v) is 13.3. The summed E-state index contributed by atoms with van der Waals surface area (Å²) in [7, 11) is 0. The monoisotopic (exact) mass is 1400 g/mol. The molecule has 10 aromatic rings. The van der Waals surface area contributed by atoms with Gasteiger partial charge in [-0.1, -0.05) is 243 Å². The van der Waals surface area contributed by atoms with E-state index in [2.05, 4.69) is 142 Å². The molecule has 8 heterocycles. The van der Waals surface area contributed by atoms with Crippen LogP contribution in [0.25, 0.3) is 23.8 Å². The molecule has 572 valence electrons. The van der Waals surface area contributed by atoms with Crippen molar-refractivity contribution in [1.29, 1.82) is 0 Å². The molecule has 10 rings (SSSR count). The van der Waals surface area contributed by atoms with Crippen molar-refractivity contribution < 1.29 is 5.71 Å². The zero-order valence-corrected chi connectivity index (χ0v) is 67.0. The Kier molecular flexibility index (Phi) is 67.4. The third-order valence-electron chi connectivity index (χ3n) is 13.3. The molecule has 8 aromatic heterocycles. The molecule has 0 N–H and O–H groups in total. The summed E-state index contributed by atoms with van der Waals surface area (Å²) in [5.74, 6) is 2.35. The van der Waals surface area contributed by atoms with Gasteiger partial charge in [-0.15, -0.1) is 10.2 Å². The highest BCUT2D eigenvalue weighted by atomic mass is 15.4. The standard InChI is InChI=1S/C18H20N4.C16H17N5.C13H18N4.C11H15N5.10C2H6.4CH4.4H2/c1-12-11-22(18-19-14(3)13(2)15(4)20-18)21-17(12)10-16-8-6-5-7-9-16;1-11-10-21(16-17-12(2)13(3)18-19-16)20-15(11)9-14-7-5-4-6-8-14;1-6-12-8(2)7-17(16-12)13-14-10(4)9(3)11(5)15-13;1-5-10-7(2)6-16(15-10)11-12-8(3)9(4)13-14-11;10*1-2;;;;;;;;/h5-9,11H,10H2,1-4H3;4-8,10H,9H2,1-3H3;7H,6H2,1-5H3;6H,5H2,1-4H3;10*1-2H3;4*1H4;4*1H/i;;;;;;;;;;;;;;;;;;4*1+1. The fourth-order valence-electron chi connectivity index (χ4n) is 7.82. The van der Waals surface area contributed by atoms with E-state index in [9.17, 15) is 0 Å². The van der Waals surface area contributed by atoms with Gasteiger partial charge >= 0.3 is 0 Å². The fraction of sp³-hybridized carbons (Fsp3) is 0.537. The molecule has 2 aromatic carbocycles. The molecule has 0 aliphatic heterocycles. The van der Waals surface area contributed by atoms with Crippen molar-refractivity contribution in [3.63, 3.8) is 0 Å². The highest BCUT2D eigenvalue weighted by Gasteiger charge is 2.15. The van der Waals surface area contributed by atoms with Gasteiger partial charge in [0.1, 0.15) is 0 Å². The van der Waals surface area contributed by atoms with E-state index in [1.54, 1.807) is 18.7 Å². The molecular formula is C82H154N18. The largest absolute Gasteiger partial charge is 0.270 e. The summed E-state index contributed by atoms with van der Waals surface area (Å²) >= 11 is 0. The highest BCUT2D eigenvalue weighted by Crippen LogP contribution is 2.18. The van der Waals surface area contributed by atoms with E-state index in [-0.39, 0.29) is 35.4 Å². The average Bonchev–Trinajstić information content (AvgIpc) is 1.61. The van der Waals surface area contributed by atoms with Crippen molar-refractivity contribution in [3.05, 3.63) is 198 Å². The summed E-state index contributed by atoms with van der Waals surface area (Å²) in [5, 5.41) is 34.5. The molecule has 18 heteroatoms. The van der Waals surface area contributed by atoms with E-state index in [4.69, 9.17) is 0 Å². The zero-order chi connectivity index (χ0) is 74.8. The molecule has 0 spiro atoms. The lowest BCUT2D eigenvalue weighted by Crippen LogP contribution is -2.07. The Hall–Kier alpha value is -8.54. The lowest BCUT2D eigenvalue weighted by molar-refractivity contribution is 0.739. The molecule has 0 amide bonds. The minimum Gasteiger partial charge on any atom is -0.216 e. The van der Waals surface area contributed by atoms with Crippen molar-refractivity contribution in [1.82, 2.24) is 89.4 Å². The summed E-state index contributed by atoms with van der Waals surface area (Å²) in [6.07, 6.45) is 11.3. The average molecular weight is 1400 g/mol. The Morgan fingerprint density at radius 2 is 0.470 bits per heavy atom. The van der Waals surface area contributed by atoms with Crippen LogP contribution in [-0.2, 0) is 25.7 Å². The fourth-order valence-corrected chi connectivity index (χ4v) is 7.82. The summed E-state index contributed by atoms with van der Waals surface area (Å²) in [4.78, 5) is 26.9. The van der Waals surface area contributed by atoms with Gasteiger partial charge in [0, 0.05) is 66.1 Å². The van der Waals surface area contributed by atoms with Crippen LogP contribution in [0.15, 0.2) is 85.5 Å². The van der Waals surface area contributed by atoms with Gasteiger partial charge in [0.25, 0.3) is 23.8 Å². The Balaban J connectivity index is -0.0000000982. The molecule has 0 atom stereocenters. The Morgan fingerprint density at radius 3 is 0.690 bits per heavy atom. The second-order valence-electron chi connectivity index (χ2n) is 19.0. The van der Waals surface area contributed by atoms with E-state index in [1.165, 1.54) is 16.7 Å². The molecular weight excluding hydrogens is 1240 g/mol. The SMILES string of the molecule is C.C.C.C.CC.CC.CC.CC.CC.CC.CC.CC.CC.CC.CCc1nn(-c2nc(C)c(C)c(C)n2)cc1C.CCc1nn(-c2nnc(C)c(C)n2)cc1C.Cc1cn(-c2nc(C)c(C)c(C)n2)nc1Cc1ccccc1.Cc1cn(-c2nnc(C)c(C)n2)nc1Cc1ccccc1.[2HH].[2HH].[2HH].[2HH]. The minimum absolute atomic E-state index is 0. The number of hydrogen-bond donors (Lipinski definition) is 0. The molecule has 0 fully saturated rings. The Labute approximate surface area is 619 Å². The lowest BCUT2D eigenvalue weighted by atomic mass is 10.1. The van der Waals surface area contributed by atoms with Crippen LogP contribution in [0.1, 0.15) is 301 Å². The molecule has 0 aliphatic carbocycles. The Bertz CT molecular complexity index is 3550. The Morgan fingerprint density at radius 1 is 0.260 bits per heavy atom. The first-order valence-electron chi connectivity index (χ1n) is 35.6. The molecule has 100 heavy (non-hydrogen) atoms. The maximum atomic E-state index is 4.68. The topological polar surface area (TPSA) is 200 Å². The lowest BCUT2D eigenvalue weighted by Gasteiger charge is -2.06. The van der Waals surface area contributed by atoms with Crippen molar-refractivity contribution in [2.24, 2.45) is 0 Å². The van der Waals surface area contributed by atoms with Crippen LogP contribution < -0.4 is 0 Å². The molecule has 0 radical (unpaired) electrons. The van der Waals surface area contributed by atoms with E-state index >= 15 is 0 Å². The van der Waals surface area contributed by atoms with E-state index < -0.39 is 0 Å². The molecule has 0 unspecified atom stereocenters. The van der Waals surface area contributed by atoms with Gasteiger partial charge in [0.15, 0.2) is 0 Å². The summed E-state index contributed by atoms with van der Waals surface area (Å²) in [6.45, 7) is 72.2. The first kappa shape index (κ1) is 107. The first-order valence-corrected chi connectivity index (χ1v) is 35.6. The second kappa shape index (κ2) is 62.7. The number of hydrogen-bond acceptors (Lipinski definition) is 14. The summed E-state index contributed by atoms with van der Waals surface area (Å²) in [6, 6.07) is 20.7. The molecule has 0 saturated heterocycles. The van der Waals surface area contributed by atoms with E-state index in [0.717, 1.165) is 122 Å². The minimum atomic E-state index is 0. The van der Waals surface area contributed by atoms with Crippen molar-refractivity contribution in [2.75, 3.05) is 0 Å². The van der Waals surface area contributed by atoms with Gasteiger partial charge in [0.05, 0.1) is 45.6 Å². The third kappa shape index (κ3) is 35.0. The van der Waals surface area contributed by atoms with Crippen molar-refractivity contribution >= 4 is 0 Å². The normalized spacial score (nSPS) is 8.84. The van der Waals surface area contributed by atoms with Crippen LogP contribution in [0, 0.1) is 96.9 Å². The molecule has 0 saturated carbocycles. The molecule has 18 nitrogen and oxygen atoms in total. The van der Waals surface area contributed by atoms with Gasteiger partial charge in [-0.05, 0) is 154 Å². The maximum absolute atomic E-state index is 4.68. The van der Waals surface area contributed by atoms with Gasteiger partial charge in [-0.25, -0.2) is 48.6 Å². The number of aromatic nitrogens is 18. The van der Waals surface area contributed by atoms with Gasteiger partial charge in [-0.3, -0.25) is 0 Å². The zero-order valence-electron chi connectivity index (χ0n) is 67.0. The van der Waals surface area contributed by atoms with Crippen LogP contribution in [0.4, 0.5) is 0 Å². The first-order chi connectivity index (χ1) is 46.3. The summed E-state index contributed by atoms with van der Waals surface area (Å²) < 4.78 is 6.95.